The minimum absolute atomic E-state index is 0.0368. The molecule has 3 aromatic rings. The third-order valence-corrected chi connectivity index (χ3v) is 4.33. The van der Waals surface area contributed by atoms with Gasteiger partial charge in [0, 0.05) is 17.5 Å². The highest BCUT2D eigenvalue weighted by Crippen LogP contribution is 2.25. The molecule has 0 atom stereocenters. The second kappa shape index (κ2) is 6.35. The summed E-state index contributed by atoms with van der Waals surface area (Å²) in [5.41, 5.74) is 2.86. The Morgan fingerprint density at radius 3 is 2.63 bits per heavy atom. The summed E-state index contributed by atoms with van der Waals surface area (Å²) in [6.45, 7) is 5.66. The van der Waals surface area contributed by atoms with Crippen molar-refractivity contribution < 1.29 is 18.4 Å². The van der Waals surface area contributed by atoms with Crippen molar-refractivity contribution in [1.82, 2.24) is 9.72 Å². The number of benzene rings is 1. The standard InChI is InChI=1S/C20H16FN3O3/c1-11-8-14(13(3)24(11)18-9-12(2)27-23-18)10-17-20(25)26-19(22-17)15-6-4-5-7-16(15)21/h4-10H,1-3H3/b17-10+. The SMILES string of the molecule is Cc1cc(-n2c(C)cc(/C=C3/N=C(c4ccccc4F)OC3=O)c2C)no1. The fourth-order valence-electron chi connectivity index (χ4n) is 3.05. The van der Waals surface area contributed by atoms with Crippen molar-refractivity contribution in [2.75, 3.05) is 0 Å². The largest absolute Gasteiger partial charge is 0.402 e. The molecule has 0 bridgehead atoms. The predicted octanol–water partition coefficient (Wildman–Crippen LogP) is 3.87. The monoisotopic (exact) mass is 365 g/mol. The van der Waals surface area contributed by atoms with Gasteiger partial charge in [-0.2, -0.15) is 0 Å². The maximum absolute atomic E-state index is 13.9. The lowest BCUT2D eigenvalue weighted by Crippen LogP contribution is -2.07. The van der Waals surface area contributed by atoms with Crippen molar-refractivity contribution >= 4 is 17.9 Å². The smallest absolute Gasteiger partial charge is 0.363 e. The maximum Gasteiger partial charge on any atom is 0.363 e. The van der Waals surface area contributed by atoms with Crippen LogP contribution in [0.4, 0.5) is 4.39 Å². The summed E-state index contributed by atoms with van der Waals surface area (Å²) in [4.78, 5) is 16.4. The quantitative estimate of drug-likeness (QED) is 0.522. The van der Waals surface area contributed by atoms with Crippen molar-refractivity contribution in [2.24, 2.45) is 4.99 Å². The van der Waals surface area contributed by atoms with Crippen LogP contribution in [-0.2, 0) is 9.53 Å². The van der Waals surface area contributed by atoms with Crippen LogP contribution >= 0.6 is 0 Å². The van der Waals surface area contributed by atoms with E-state index in [-0.39, 0.29) is 17.2 Å². The maximum atomic E-state index is 13.9. The van der Waals surface area contributed by atoms with Crippen LogP contribution in [0.2, 0.25) is 0 Å². The highest BCUT2D eigenvalue weighted by Gasteiger charge is 2.26. The van der Waals surface area contributed by atoms with Gasteiger partial charge >= 0.3 is 5.97 Å². The van der Waals surface area contributed by atoms with Crippen LogP contribution in [0.5, 0.6) is 0 Å². The Hall–Kier alpha value is -3.48. The molecular weight excluding hydrogens is 349 g/mol. The molecule has 0 N–H and O–H groups in total. The summed E-state index contributed by atoms with van der Waals surface area (Å²) in [6.07, 6.45) is 1.63. The van der Waals surface area contributed by atoms with Crippen molar-refractivity contribution in [1.29, 1.82) is 0 Å². The number of rotatable bonds is 3. The fraction of sp³-hybridized carbons (Fsp3) is 0.150. The number of hydrogen-bond donors (Lipinski definition) is 0. The molecule has 0 radical (unpaired) electrons. The minimum Gasteiger partial charge on any atom is -0.402 e. The Labute approximate surface area is 154 Å². The van der Waals surface area contributed by atoms with Crippen LogP contribution in [-0.4, -0.2) is 21.6 Å². The minimum atomic E-state index is -0.615. The first-order valence-corrected chi connectivity index (χ1v) is 8.34. The van der Waals surface area contributed by atoms with Crippen LogP contribution in [0, 0.1) is 26.6 Å². The van der Waals surface area contributed by atoms with E-state index in [4.69, 9.17) is 9.26 Å². The molecule has 1 aliphatic heterocycles. The third-order valence-electron chi connectivity index (χ3n) is 4.33. The van der Waals surface area contributed by atoms with Crippen LogP contribution in [0.3, 0.4) is 0 Å². The molecule has 0 spiro atoms. The molecule has 1 aromatic carbocycles. The Morgan fingerprint density at radius 2 is 1.93 bits per heavy atom. The van der Waals surface area contributed by atoms with Crippen molar-refractivity contribution in [3.8, 4) is 5.82 Å². The Balaban J connectivity index is 1.74. The van der Waals surface area contributed by atoms with Gasteiger partial charge in [-0.05, 0) is 50.6 Å². The zero-order valence-corrected chi connectivity index (χ0v) is 15.0. The van der Waals surface area contributed by atoms with Gasteiger partial charge in [0.15, 0.2) is 11.5 Å². The number of aryl methyl sites for hydroxylation is 2. The van der Waals surface area contributed by atoms with Gasteiger partial charge < -0.3 is 9.26 Å². The summed E-state index contributed by atoms with van der Waals surface area (Å²) in [5, 5.41) is 4.04. The van der Waals surface area contributed by atoms with E-state index in [0.29, 0.717) is 11.6 Å². The molecule has 0 saturated heterocycles. The molecule has 0 saturated carbocycles. The molecule has 2 aromatic heterocycles. The molecule has 0 aliphatic carbocycles. The van der Waals surface area contributed by atoms with E-state index in [0.717, 1.165) is 17.0 Å². The number of ether oxygens (including phenoxy) is 1. The van der Waals surface area contributed by atoms with E-state index in [1.54, 1.807) is 18.2 Å². The molecule has 1 aliphatic rings. The first-order chi connectivity index (χ1) is 12.9. The molecule has 7 heteroatoms. The van der Waals surface area contributed by atoms with Gasteiger partial charge in [-0.3, -0.25) is 4.57 Å². The topological polar surface area (TPSA) is 69.6 Å². The van der Waals surface area contributed by atoms with Gasteiger partial charge in [-0.1, -0.05) is 17.3 Å². The molecule has 136 valence electrons. The van der Waals surface area contributed by atoms with Gasteiger partial charge in [-0.25, -0.2) is 14.2 Å². The molecule has 4 rings (SSSR count). The van der Waals surface area contributed by atoms with Crippen LogP contribution in [0.1, 0.15) is 28.3 Å². The highest BCUT2D eigenvalue weighted by molar-refractivity contribution is 6.13. The number of carbonyl (C=O) groups is 1. The zero-order valence-electron chi connectivity index (χ0n) is 15.0. The summed E-state index contributed by atoms with van der Waals surface area (Å²) >= 11 is 0. The Bertz CT molecular complexity index is 1120. The number of aromatic nitrogens is 2. The lowest BCUT2D eigenvalue weighted by atomic mass is 10.2. The van der Waals surface area contributed by atoms with E-state index >= 15 is 0 Å². The number of hydrogen-bond acceptors (Lipinski definition) is 5. The van der Waals surface area contributed by atoms with Crippen molar-refractivity contribution in [3.63, 3.8) is 0 Å². The highest BCUT2D eigenvalue weighted by atomic mass is 19.1. The molecule has 27 heavy (non-hydrogen) atoms. The summed E-state index contributed by atoms with van der Waals surface area (Å²) < 4.78 is 26.1. The normalized spacial score (nSPS) is 15.3. The average Bonchev–Trinajstić information content (AvgIpc) is 3.28. The molecule has 0 amide bonds. The van der Waals surface area contributed by atoms with Gasteiger partial charge in [0.25, 0.3) is 0 Å². The lowest BCUT2D eigenvalue weighted by molar-refractivity contribution is -0.129. The van der Waals surface area contributed by atoms with E-state index in [1.807, 2.05) is 37.5 Å². The van der Waals surface area contributed by atoms with Gasteiger partial charge in [0.1, 0.15) is 11.6 Å². The van der Waals surface area contributed by atoms with Crippen LogP contribution in [0.15, 0.2) is 51.6 Å². The number of esters is 1. The average molecular weight is 365 g/mol. The third kappa shape index (κ3) is 2.97. The summed E-state index contributed by atoms with van der Waals surface area (Å²) in [7, 11) is 0. The first-order valence-electron chi connectivity index (χ1n) is 8.34. The molecule has 0 unspecified atom stereocenters. The zero-order chi connectivity index (χ0) is 19.1. The Morgan fingerprint density at radius 1 is 1.15 bits per heavy atom. The molecule has 6 nitrogen and oxygen atoms in total. The second-order valence-electron chi connectivity index (χ2n) is 6.27. The van der Waals surface area contributed by atoms with E-state index in [9.17, 15) is 9.18 Å². The van der Waals surface area contributed by atoms with Crippen LogP contribution < -0.4 is 0 Å². The van der Waals surface area contributed by atoms with Gasteiger partial charge in [-0.15, -0.1) is 0 Å². The predicted molar refractivity (Wildman–Crippen MR) is 97.0 cm³/mol. The first kappa shape index (κ1) is 17.0. The lowest BCUT2D eigenvalue weighted by Gasteiger charge is -2.03. The van der Waals surface area contributed by atoms with Crippen molar-refractivity contribution in [3.05, 3.63) is 76.2 Å². The summed E-state index contributed by atoms with van der Waals surface area (Å²) in [5.74, 6) is 0.220. The number of nitrogens with zero attached hydrogens (tertiary/aromatic N) is 3. The van der Waals surface area contributed by atoms with Crippen LogP contribution in [0.25, 0.3) is 11.9 Å². The van der Waals surface area contributed by atoms with E-state index < -0.39 is 11.8 Å². The molecular formula is C20H16FN3O3. The van der Waals surface area contributed by atoms with Gasteiger partial charge in [0.2, 0.25) is 5.90 Å². The van der Waals surface area contributed by atoms with E-state index in [1.165, 1.54) is 12.1 Å². The number of cyclic esters (lactones) is 1. The fourth-order valence-corrected chi connectivity index (χ4v) is 3.05. The summed E-state index contributed by atoms with van der Waals surface area (Å²) in [6, 6.07) is 9.77. The molecule has 0 fully saturated rings. The second-order valence-corrected chi connectivity index (χ2v) is 6.27. The van der Waals surface area contributed by atoms with E-state index in [2.05, 4.69) is 10.1 Å². The number of carbonyl (C=O) groups excluding carboxylic acids is 1. The van der Waals surface area contributed by atoms with Crippen molar-refractivity contribution in [2.45, 2.75) is 20.8 Å². The Kier molecular flexibility index (Phi) is 3.99. The number of aliphatic imine (C=N–C) groups is 1. The van der Waals surface area contributed by atoms with Gasteiger partial charge in [0.05, 0.1) is 5.56 Å². The molecule has 3 heterocycles. The number of halogens is 1.